The maximum atomic E-state index is 12.3. The zero-order valence-corrected chi connectivity index (χ0v) is 14.4. The van der Waals surface area contributed by atoms with Crippen LogP contribution in [-0.4, -0.2) is 18.6 Å². The van der Waals surface area contributed by atoms with Gasteiger partial charge in [-0.3, -0.25) is 9.59 Å². The predicted octanol–water partition coefficient (Wildman–Crippen LogP) is 2.18. The zero-order valence-electron chi connectivity index (χ0n) is 14.4. The summed E-state index contributed by atoms with van der Waals surface area (Å²) in [5, 5.41) is 14.4. The molecule has 2 aromatic rings. The van der Waals surface area contributed by atoms with Crippen molar-refractivity contribution in [3.8, 4) is 17.6 Å². The fraction of sp³-hybridized carbons (Fsp3) is 0.250. The van der Waals surface area contributed by atoms with Gasteiger partial charge in [0, 0.05) is 12.2 Å². The molecule has 0 radical (unpaired) electrons. The van der Waals surface area contributed by atoms with E-state index < -0.39 is 0 Å². The average Bonchev–Trinajstić information content (AvgIpc) is 3.37. The summed E-state index contributed by atoms with van der Waals surface area (Å²) in [7, 11) is 0. The highest BCUT2D eigenvalue weighted by atomic mass is 16.7. The van der Waals surface area contributed by atoms with Crippen LogP contribution >= 0.6 is 0 Å². The molecule has 2 N–H and O–H groups in total. The lowest BCUT2D eigenvalue weighted by molar-refractivity contribution is -0.125. The standard InChI is InChI=1S/C20H17N3O4/c21-9-12-1-4-14(5-2-12)23-20(25)16-8-15(16)19(24)22-10-13-3-6-17-18(7-13)27-11-26-17/h1-7,15-16H,8,10-11H2,(H,22,24)(H,23,25). The van der Waals surface area contributed by atoms with Crippen LogP contribution < -0.4 is 20.1 Å². The molecular formula is C20H17N3O4. The van der Waals surface area contributed by atoms with E-state index in [1.807, 2.05) is 24.3 Å². The Bertz CT molecular complexity index is 933. The van der Waals surface area contributed by atoms with E-state index >= 15 is 0 Å². The first-order valence-electron chi connectivity index (χ1n) is 8.61. The third-order valence-electron chi connectivity index (χ3n) is 4.65. The molecule has 2 unspecified atom stereocenters. The summed E-state index contributed by atoms with van der Waals surface area (Å²) >= 11 is 0. The molecule has 136 valence electrons. The van der Waals surface area contributed by atoms with Crippen LogP contribution in [-0.2, 0) is 16.1 Å². The number of amides is 2. The van der Waals surface area contributed by atoms with Crippen molar-refractivity contribution in [3.05, 3.63) is 53.6 Å². The highest BCUT2D eigenvalue weighted by molar-refractivity contribution is 5.99. The number of rotatable bonds is 5. The van der Waals surface area contributed by atoms with Crippen molar-refractivity contribution in [2.45, 2.75) is 13.0 Å². The molecule has 1 fully saturated rings. The molecule has 7 nitrogen and oxygen atoms in total. The molecule has 4 rings (SSSR count). The second-order valence-electron chi connectivity index (χ2n) is 6.53. The van der Waals surface area contributed by atoms with Gasteiger partial charge in [-0.25, -0.2) is 0 Å². The molecule has 1 aliphatic heterocycles. The molecule has 7 heteroatoms. The maximum absolute atomic E-state index is 12.3. The minimum Gasteiger partial charge on any atom is -0.454 e. The number of nitrogens with zero attached hydrogens (tertiary/aromatic N) is 1. The molecule has 1 aliphatic carbocycles. The number of nitrogens with one attached hydrogen (secondary N) is 2. The number of carbonyl (C=O) groups excluding carboxylic acids is 2. The molecule has 2 aliphatic rings. The van der Waals surface area contributed by atoms with E-state index in [9.17, 15) is 9.59 Å². The molecule has 0 aromatic heterocycles. The van der Waals surface area contributed by atoms with Crippen LogP contribution in [0.15, 0.2) is 42.5 Å². The Hall–Kier alpha value is -3.53. The first-order valence-corrected chi connectivity index (χ1v) is 8.61. The number of hydrogen-bond acceptors (Lipinski definition) is 5. The number of hydrogen-bond donors (Lipinski definition) is 2. The third-order valence-corrected chi connectivity index (χ3v) is 4.65. The molecule has 0 spiro atoms. The molecule has 0 saturated heterocycles. The molecule has 0 bridgehead atoms. The van der Waals surface area contributed by atoms with Gasteiger partial charge in [-0.15, -0.1) is 0 Å². The van der Waals surface area contributed by atoms with E-state index in [4.69, 9.17) is 14.7 Å². The van der Waals surface area contributed by atoms with Crippen LogP contribution in [0.5, 0.6) is 11.5 Å². The largest absolute Gasteiger partial charge is 0.454 e. The first-order chi connectivity index (χ1) is 13.1. The van der Waals surface area contributed by atoms with Crippen LogP contribution in [0.2, 0.25) is 0 Å². The number of benzene rings is 2. The summed E-state index contributed by atoms with van der Waals surface area (Å²) in [6.45, 7) is 0.583. The van der Waals surface area contributed by atoms with Crippen LogP contribution in [0, 0.1) is 23.2 Å². The van der Waals surface area contributed by atoms with Crippen LogP contribution in [0.4, 0.5) is 5.69 Å². The van der Waals surface area contributed by atoms with Gasteiger partial charge in [0.2, 0.25) is 18.6 Å². The lowest BCUT2D eigenvalue weighted by Crippen LogP contribution is -2.27. The number of fused-ring (bicyclic) bond motifs is 1. The predicted molar refractivity (Wildman–Crippen MR) is 95.8 cm³/mol. The van der Waals surface area contributed by atoms with E-state index in [-0.39, 0.29) is 30.4 Å². The van der Waals surface area contributed by atoms with Crippen molar-refractivity contribution in [1.82, 2.24) is 5.32 Å². The lowest BCUT2D eigenvalue weighted by atomic mass is 10.2. The van der Waals surface area contributed by atoms with E-state index in [0.717, 1.165) is 5.56 Å². The number of anilines is 1. The van der Waals surface area contributed by atoms with Gasteiger partial charge in [-0.1, -0.05) is 6.07 Å². The van der Waals surface area contributed by atoms with Crippen molar-refractivity contribution >= 4 is 17.5 Å². The van der Waals surface area contributed by atoms with Gasteiger partial charge in [0.05, 0.1) is 23.5 Å². The fourth-order valence-electron chi connectivity index (χ4n) is 3.01. The number of carbonyl (C=O) groups is 2. The molecular weight excluding hydrogens is 346 g/mol. The molecule has 27 heavy (non-hydrogen) atoms. The summed E-state index contributed by atoms with van der Waals surface area (Å²) in [4.78, 5) is 24.5. The Morgan fingerprint density at radius 3 is 2.56 bits per heavy atom. The van der Waals surface area contributed by atoms with Gasteiger partial charge in [0.1, 0.15) is 0 Å². The molecule has 2 atom stereocenters. The maximum Gasteiger partial charge on any atom is 0.231 e. The highest BCUT2D eigenvalue weighted by Crippen LogP contribution is 2.39. The van der Waals surface area contributed by atoms with Crippen LogP contribution in [0.1, 0.15) is 17.5 Å². The molecule has 1 heterocycles. The molecule has 1 saturated carbocycles. The minimum atomic E-state index is -0.322. The average molecular weight is 363 g/mol. The SMILES string of the molecule is N#Cc1ccc(NC(=O)C2CC2C(=O)NCc2ccc3c(c2)OCO3)cc1. The first kappa shape index (κ1) is 16.9. The van der Waals surface area contributed by atoms with Gasteiger partial charge in [0.25, 0.3) is 0 Å². The molecule has 2 amide bonds. The Labute approximate surface area is 155 Å². The van der Waals surface area contributed by atoms with Crippen molar-refractivity contribution in [3.63, 3.8) is 0 Å². The van der Waals surface area contributed by atoms with E-state index in [2.05, 4.69) is 10.6 Å². The van der Waals surface area contributed by atoms with Gasteiger partial charge in [-0.2, -0.15) is 5.26 Å². The topological polar surface area (TPSA) is 100 Å². The smallest absolute Gasteiger partial charge is 0.231 e. The second kappa shape index (κ2) is 7.00. The van der Waals surface area contributed by atoms with Crippen molar-refractivity contribution < 1.29 is 19.1 Å². The minimum absolute atomic E-state index is 0.132. The van der Waals surface area contributed by atoms with Crippen molar-refractivity contribution in [1.29, 1.82) is 5.26 Å². The van der Waals surface area contributed by atoms with E-state index in [1.165, 1.54) is 0 Å². The summed E-state index contributed by atoms with van der Waals surface area (Å²) in [6.07, 6.45) is 0.537. The Balaban J connectivity index is 1.27. The fourth-order valence-corrected chi connectivity index (χ4v) is 3.01. The monoisotopic (exact) mass is 363 g/mol. The number of ether oxygens (including phenoxy) is 2. The van der Waals surface area contributed by atoms with Crippen molar-refractivity contribution in [2.75, 3.05) is 12.1 Å². The van der Waals surface area contributed by atoms with Gasteiger partial charge < -0.3 is 20.1 Å². The summed E-state index contributed by atoms with van der Waals surface area (Å²) in [6, 6.07) is 14.2. The Morgan fingerprint density at radius 1 is 1.04 bits per heavy atom. The van der Waals surface area contributed by atoms with E-state index in [1.54, 1.807) is 24.3 Å². The summed E-state index contributed by atoms with van der Waals surface area (Å²) < 4.78 is 10.6. The van der Waals surface area contributed by atoms with Crippen LogP contribution in [0.3, 0.4) is 0 Å². The summed E-state index contributed by atoms with van der Waals surface area (Å²) in [5.74, 6) is 0.435. The zero-order chi connectivity index (χ0) is 18.8. The summed E-state index contributed by atoms with van der Waals surface area (Å²) in [5.41, 5.74) is 2.05. The highest BCUT2D eigenvalue weighted by Gasteiger charge is 2.47. The van der Waals surface area contributed by atoms with Gasteiger partial charge in [-0.05, 0) is 48.4 Å². The second-order valence-corrected chi connectivity index (χ2v) is 6.53. The van der Waals surface area contributed by atoms with E-state index in [0.29, 0.717) is 35.7 Å². The number of nitriles is 1. The van der Waals surface area contributed by atoms with Gasteiger partial charge >= 0.3 is 0 Å². The normalized spacial score (nSPS) is 19.1. The Morgan fingerprint density at radius 2 is 1.78 bits per heavy atom. The lowest BCUT2D eigenvalue weighted by Gasteiger charge is -2.07. The third kappa shape index (κ3) is 3.70. The molecule has 2 aromatic carbocycles. The van der Waals surface area contributed by atoms with Crippen molar-refractivity contribution in [2.24, 2.45) is 11.8 Å². The Kier molecular flexibility index (Phi) is 4.38. The van der Waals surface area contributed by atoms with Gasteiger partial charge in [0.15, 0.2) is 11.5 Å². The quantitative estimate of drug-likeness (QED) is 0.848. The van der Waals surface area contributed by atoms with Crippen LogP contribution in [0.25, 0.3) is 0 Å².